The zero-order chi connectivity index (χ0) is 13.3. The number of benzene rings is 1. The fourth-order valence-corrected chi connectivity index (χ4v) is 2.32. The van der Waals surface area contributed by atoms with E-state index in [1.54, 1.807) is 0 Å². The first-order valence-corrected chi connectivity index (χ1v) is 6.94. The van der Waals surface area contributed by atoms with Gasteiger partial charge in [-0.1, -0.05) is 15.9 Å². The van der Waals surface area contributed by atoms with Crippen LogP contribution in [0.15, 0.2) is 22.7 Å². The normalized spacial score (nSPS) is 15.3. The first-order valence-electron chi connectivity index (χ1n) is 6.14. The van der Waals surface area contributed by atoms with E-state index in [0.717, 1.165) is 10.2 Å². The molecule has 1 aliphatic carbocycles. The van der Waals surface area contributed by atoms with Crippen LogP contribution >= 0.6 is 15.9 Å². The van der Waals surface area contributed by atoms with Crippen LogP contribution in [-0.2, 0) is 4.74 Å². The van der Waals surface area contributed by atoms with E-state index in [-0.39, 0.29) is 0 Å². The summed E-state index contributed by atoms with van der Waals surface area (Å²) in [6.07, 6.45) is 2.05. The molecule has 2 rings (SSSR count). The highest BCUT2D eigenvalue weighted by atomic mass is 79.9. The molecule has 4 heteroatoms. The molecule has 1 fully saturated rings. The van der Waals surface area contributed by atoms with E-state index >= 15 is 0 Å². The van der Waals surface area contributed by atoms with Gasteiger partial charge in [0.25, 0.3) is 0 Å². The lowest BCUT2D eigenvalue weighted by molar-refractivity contribution is 0.0636. The van der Waals surface area contributed by atoms with Gasteiger partial charge in [-0.3, -0.25) is 5.32 Å². The van der Waals surface area contributed by atoms with Crippen molar-refractivity contribution in [3.8, 4) is 0 Å². The number of anilines is 1. The smallest absolute Gasteiger partial charge is 0.412 e. The van der Waals surface area contributed by atoms with Crippen molar-refractivity contribution < 1.29 is 9.53 Å². The maximum absolute atomic E-state index is 11.7. The highest BCUT2D eigenvalue weighted by Gasteiger charge is 2.26. The molecule has 1 aromatic rings. The molecule has 18 heavy (non-hydrogen) atoms. The summed E-state index contributed by atoms with van der Waals surface area (Å²) in [5, 5.41) is 2.77. The van der Waals surface area contributed by atoms with Gasteiger partial charge in [0.2, 0.25) is 0 Å². The molecule has 0 heterocycles. The van der Waals surface area contributed by atoms with E-state index in [4.69, 9.17) is 4.74 Å². The summed E-state index contributed by atoms with van der Waals surface area (Å²) >= 11 is 3.54. The van der Waals surface area contributed by atoms with Gasteiger partial charge in [0, 0.05) is 10.2 Å². The Morgan fingerprint density at radius 3 is 2.61 bits per heavy atom. The van der Waals surface area contributed by atoms with Crippen molar-refractivity contribution in [1.29, 1.82) is 0 Å². The van der Waals surface area contributed by atoms with E-state index in [0.29, 0.717) is 5.92 Å². The zero-order valence-corrected chi connectivity index (χ0v) is 12.5. The lowest BCUT2D eigenvalue weighted by atomic mass is 10.1. The van der Waals surface area contributed by atoms with Crippen LogP contribution < -0.4 is 5.32 Å². The van der Waals surface area contributed by atoms with Gasteiger partial charge in [0.1, 0.15) is 5.60 Å². The molecule has 3 nitrogen and oxygen atoms in total. The average Bonchev–Trinajstić information content (AvgIpc) is 3.01. The predicted molar refractivity (Wildman–Crippen MR) is 76.0 cm³/mol. The molecular formula is C14H18BrNO2. The zero-order valence-electron chi connectivity index (χ0n) is 10.9. The maximum Gasteiger partial charge on any atom is 0.412 e. The number of carbonyl (C=O) groups is 1. The summed E-state index contributed by atoms with van der Waals surface area (Å²) in [6.45, 7) is 5.55. The van der Waals surface area contributed by atoms with E-state index in [2.05, 4.69) is 21.2 Å². The fourth-order valence-electron chi connectivity index (χ4n) is 1.75. The van der Waals surface area contributed by atoms with Gasteiger partial charge < -0.3 is 4.74 Å². The third-order valence-electron chi connectivity index (χ3n) is 2.66. The standard InChI is InChI=1S/C14H18BrNO2/c1-14(2,3)18-13(17)16-10-6-7-12(15)11(8-10)9-4-5-9/h6-9H,4-5H2,1-3H3,(H,16,17). The van der Waals surface area contributed by atoms with Crippen LogP contribution in [0.3, 0.4) is 0 Å². The van der Waals surface area contributed by atoms with E-state index in [1.807, 2.05) is 39.0 Å². The molecule has 0 bridgehead atoms. The van der Waals surface area contributed by atoms with Gasteiger partial charge in [-0.2, -0.15) is 0 Å². The monoisotopic (exact) mass is 311 g/mol. The minimum atomic E-state index is -0.473. The highest BCUT2D eigenvalue weighted by Crippen LogP contribution is 2.44. The molecule has 0 aromatic heterocycles. The van der Waals surface area contributed by atoms with Crippen LogP contribution in [0.1, 0.15) is 45.1 Å². The Balaban J connectivity index is 2.05. The Bertz CT molecular complexity index is 461. The molecule has 0 radical (unpaired) electrons. The largest absolute Gasteiger partial charge is 0.444 e. The molecule has 1 N–H and O–H groups in total. The molecule has 1 saturated carbocycles. The van der Waals surface area contributed by atoms with Gasteiger partial charge in [-0.05, 0) is 63.3 Å². The minimum Gasteiger partial charge on any atom is -0.444 e. The Morgan fingerprint density at radius 1 is 1.39 bits per heavy atom. The topological polar surface area (TPSA) is 38.3 Å². The van der Waals surface area contributed by atoms with Crippen molar-refractivity contribution in [3.05, 3.63) is 28.2 Å². The summed E-state index contributed by atoms with van der Waals surface area (Å²) in [6, 6.07) is 5.87. The third-order valence-corrected chi connectivity index (χ3v) is 3.38. The van der Waals surface area contributed by atoms with Crippen molar-refractivity contribution in [2.75, 3.05) is 5.32 Å². The number of hydrogen-bond donors (Lipinski definition) is 1. The van der Waals surface area contributed by atoms with Crippen LogP contribution in [0.5, 0.6) is 0 Å². The number of halogens is 1. The van der Waals surface area contributed by atoms with E-state index in [9.17, 15) is 4.79 Å². The summed E-state index contributed by atoms with van der Waals surface area (Å²) in [5.41, 5.74) is 1.58. The fraction of sp³-hybridized carbons (Fsp3) is 0.500. The molecule has 1 aromatic carbocycles. The Hall–Kier alpha value is -1.03. The van der Waals surface area contributed by atoms with Crippen molar-refractivity contribution in [1.82, 2.24) is 0 Å². The van der Waals surface area contributed by atoms with Gasteiger partial charge >= 0.3 is 6.09 Å². The van der Waals surface area contributed by atoms with Gasteiger partial charge in [-0.15, -0.1) is 0 Å². The number of carbonyl (C=O) groups excluding carboxylic acids is 1. The lowest BCUT2D eigenvalue weighted by Crippen LogP contribution is -2.27. The first-order chi connectivity index (χ1) is 8.35. The highest BCUT2D eigenvalue weighted by molar-refractivity contribution is 9.10. The second-order valence-corrected chi connectivity index (χ2v) is 6.49. The molecule has 0 unspecified atom stereocenters. The van der Waals surface area contributed by atoms with E-state index in [1.165, 1.54) is 18.4 Å². The SMILES string of the molecule is CC(C)(C)OC(=O)Nc1ccc(Br)c(C2CC2)c1. The number of nitrogens with one attached hydrogen (secondary N) is 1. The van der Waals surface area contributed by atoms with Crippen LogP contribution in [0.4, 0.5) is 10.5 Å². The van der Waals surface area contributed by atoms with Crippen molar-refractivity contribution in [3.63, 3.8) is 0 Å². The quantitative estimate of drug-likeness (QED) is 0.861. The molecular weight excluding hydrogens is 294 g/mol. The van der Waals surface area contributed by atoms with Crippen molar-refractivity contribution in [2.24, 2.45) is 0 Å². The molecule has 0 spiro atoms. The van der Waals surface area contributed by atoms with E-state index < -0.39 is 11.7 Å². The van der Waals surface area contributed by atoms with Gasteiger partial charge in [0.05, 0.1) is 0 Å². The van der Waals surface area contributed by atoms with Gasteiger partial charge in [0.15, 0.2) is 0 Å². The third kappa shape index (κ3) is 3.73. The van der Waals surface area contributed by atoms with Crippen molar-refractivity contribution >= 4 is 27.7 Å². The minimum absolute atomic E-state index is 0.411. The first kappa shape index (κ1) is 13.4. The molecule has 0 atom stereocenters. The lowest BCUT2D eigenvalue weighted by Gasteiger charge is -2.20. The second kappa shape index (κ2) is 4.92. The van der Waals surface area contributed by atoms with Crippen LogP contribution in [-0.4, -0.2) is 11.7 Å². The summed E-state index contributed by atoms with van der Waals surface area (Å²) in [5.74, 6) is 0.639. The maximum atomic E-state index is 11.7. The second-order valence-electron chi connectivity index (χ2n) is 5.64. The van der Waals surface area contributed by atoms with Crippen molar-refractivity contribution in [2.45, 2.75) is 45.1 Å². The summed E-state index contributed by atoms with van der Waals surface area (Å²) in [7, 11) is 0. The van der Waals surface area contributed by atoms with Crippen LogP contribution in [0, 0.1) is 0 Å². The number of amides is 1. The Labute approximate surface area is 116 Å². The molecule has 0 saturated heterocycles. The van der Waals surface area contributed by atoms with Gasteiger partial charge in [-0.25, -0.2) is 4.79 Å². The molecule has 1 amide bonds. The Morgan fingerprint density at radius 2 is 2.06 bits per heavy atom. The summed E-state index contributed by atoms with van der Waals surface area (Å²) in [4.78, 5) is 11.7. The predicted octanol–water partition coefficient (Wildman–Crippen LogP) is 4.67. The number of rotatable bonds is 2. The summed E-state index contributed by atoms with van der Waals surface area (Å²) < 4.78 is 6.34. The van der Waals surface area contributed by atoms with Crippen LogP contribution in [0.2, 0.25) is 0 Å². The molecule has 1 aliphatic rings. The molecule has 98 valence electrons. The van der Waals surface area contributed by atoms with Crippen LogP contribution in [0.25, 0.3) is 0 Å². The number of ether oxygens (including phenoxy) is 1. The molecule has 0 aliphatic heterocycles. The Kier molecular flexibility index (Phi) is 3.66. The average molecular weight is 312 g/mol. The number of hydrogen-bond acceptors (Lipinski definition) is 2.